The Morgan fingerprint density at radius 3 is 2.15 bits per heavy atom. The molecule has 0 amide bonds. The molecule has 0 saturated carbocycles. The van der Waals surface area contributed by atoms with Gasteiger partial charge >= 0.3 is 5.97 Å². The minimum atomic E-state index is -1.61. The zero-order valence-corrected chi connectivity index (χ0v) is 10.9. The number of hydrogen-bond donors (Lipinski definition) is 5. The minimum Gasteiger partial charge on any atom is -0.481 e. The first-order valence-corrected chi connectivity index (χ1v) is 6.44. The van der Waals surface area contributed by atoms with E-state index in [2.05, 4.69) is 0 Å². The molecule has 0 spiro atoms. The quantitative estimate of drug-likeness (QED) is 0.377. The monoisotopic (exact) mass is 292 g/mol. The smallest absolute Gasteiger partial charge is 0.303 e. The maximum absolute atomic E-state index is 11.5. The first-order valence-electron chi connectivity index (χ1n) is 6.44. The third-order valence-corrected chi connectivity index (χ3v) is 3.24. The van der Waals surface area contributed by atoms with E-state index in [1.54, 1.807) is 0 Å². The van der Waals surface area contributed by atoms with E-state index in [9.17, 15) is 30.0 Å². The van der Waals surface area contributed by atoms with Crippen molar-refractivity contribution in [2.45, 2.75) is 62.8 Å². The molecule has 0 bridgehead atoms. The molecule has 5 atom stereocenters. The number of aliphatic hydroxyl groups is 4. The number of carbonyl (C=O) groups excluding carboxylic acids is 1. The fourth-order valence-electron chi connectivity index (χ4n) is 2.03. The molecule has 8 heteroatoms. The van der Waals surface area contributed by atoms with Crippen LogP contribution in [-0.2, 0) is 14.3 Å². The lowest BCUT2D eigenvalue weighted by atomic mass is 9.94. The highest BCUT2D eigenvalue weighted by molar-refractivity contribution is 5.79. The lowest BCUT2D eigenvalue weighted by Gasteiger charge is -2.38. The summed E-state index contributed by atoms with van der Waals surface area (Å²) in [6, 6.07) is 0. The average molecular weight is 292 g/mol. The summed E-state index contributed by atoms with van der Waals surface area (Å²) in [5.41, 5.74) is 0. The van der Waals surface area contributed by atoms with Gasteiger partial charge in [0.15, 0.2) is 6.29 Å². The first-order chi connectivity index (χ1) is 9.32. The van der Waals surface area contributed by atoms with Crippen molar-refractivity contribution in [3.63, 3.8) is 0 Å². The van der Waals surface area contributed by atoms with Crippen molar-refractivity contribution in [1.29, 1.82) is 0 Å². The van der Waals surface area contributed by atoms with Crippen molar-refractivity contribution >= 4 is 11.8 Å². The number of rotatable bonds is 7. The normalized spacial score (nSPS) is 33.9. The molecule has 5 N–H and O–H groups in total. The second-order valence-electron chi connectivity index (χ2n) is 4.86. The Morgan fingerprint density at radius 1 is 0.900 bits per heavy atom. The van der Waals surface area contributed by atoms with Gasteiger partial charge in [-0.15, -0.1) is 0 Å². The van der Waals surface area contributed by atoms with Gasteiger partial charge in [0.1, 0.15) is 24.1 Å². The highest BCUT2D eigenvalue weighted by Gasteiger charge is 2.42. The van der Waals surface area contributed by atoms with Gasteiger partial charge in [0.05, 0.1) is 6.10 Å². The van der Waals surface area contributed by atoms with Gasteiger partial charge in [-0.05, 0) is 12.8 Å². The molecule has 1 fully saturated rings. The van der Waals surface area contributed by atoms with Gasteiger partial charge in [-0.25, -0.2) is 0 Å². The number of carbonyl (C=O) groups is 2. The lowest BCUT2D eigenvalue weighted by Crippen LogP contribution is -2.57. The van der Waals surface area contributed by atoms with Crippen LogP contribution >= 0.6 is 0 Å². The fraction of sp³-hybridized carbons (Fsp3) is 0.833. The van der Waals surface area contributed by atoms with Crippen molar-refractivity contribution in [3.8, 4) is 0 Å². The molecule has 0 unspecified atom stereocenters. The Kier molecular flexibility index (Phi) is 6.50. The van der Waals surface area contributed by atoms with Gasteiger partial charge in [-0.2, -0.15) is 0 Å². The Balaban J connectivity index is 2.33. The van der Waals surface area contributed by atoms with Crippen molar-refractivity contribution in [1.82, 2.24) is 0 Å². The molecule has 1 aliphatic rings. The van der Waals surface area contributed by atoms with Crippen LogP contribution in [0.15, 0.2) is 0 Å². The van der Waals surface area contributed by atoms with Crippen molar-refractivity contribution in [3.05, 3.63) is 0 Å². The Morgan fingerprint density at radius 2 is 1.55 bits per heavy atom. The van der Waals surface area contributed by atoms with Crippen LogP contribution in [0.1, 0.15) is 32.1 Å². The van der Waals surface area contributed by atoms with Gasteiger partial charge in [0.25, 0.3) is 0 Å². The summed E-state index contributed by atoms with van der Waals surface area (Å²) < 4.78 is 4.92. The second-order valence-corrected chi connectivity index (χ2v) is 4.86. The zero-order valence-electron chi connectivity index (χ0n) is 10.9. The highest BCUT2D eigenvalue weighted by Crippen LogP contribution is 2.23. The molecule has 0 aliphatic carbocycles. The van der Waals surface area contributed by atoms with Crippen molar-refractivity contribution < 1.29 is 39.9 Å². The van der Waals surface area contributed by atoms with Crippen molar-refractivity contribution in [2.75, 3.05) is 0 Å². The van der Waals surface area contributed by atoms with Crippen LogP contribution in [0.25, 0.3) is 0 Å². The Hall–Kier alpha value is -1.06. The highest BCUT2D eigenvalue weighted by atomic mass is 16.6. The van der Waals surface area contributed by atoms with Gasteiger partial charge < -0.3 is 30.3 Å². The number of ketones is 1. The molecule has 8 nitrogen and oxygen atoms in total. The minimum absolute atomic E-state index is 0.0386. The van der Waals surface area contributed by atoms with E-state index in [0.717, 1.165) is 0 Å². The Bertz CT molecular complexity index is 344. The van der Waals surface area contributed by atoms with E-state index in [0.29, 0.717) is 0 Å². The summed E-state index contributed by atoms with van der Waals surface area (Å²) >= 11 is 0. The van der Waals surface area contributed by atoms with Gasteiger partial charge in [0, 0.05) is 19.3 Å². The van der Waals surface area contributed by atoms with Crippen LogP contribution in [0.4, 0.5) is 0 Å². The molecule has 1 saturated heterocycles. The summed E-state index contributed by atoms with van der Waals surface area (Å²) in [5, 5.41) is 46.1. The van der Waals surface area contributed by atoms with E-state index >= 15 is 0 Å². The fourth-order valence-corrected chi connectivity index (χ4v) is 2.03. The van der Waals surface area contributed by atoms with Crippen LogP contribution in [-0.4, -0.2) is 68.0 Å². The molecule has 1 rings (SSSR count). The number of carboxylic acid groups (broad SMARTS) is 1. The maximum atomic E-state index is 11.5. The summed E-state index contributed by atoms with van der Waals surface area (Å²) in [6.07, 6.45) is -6.69. The van der Waals surface area contributed by atoms with Gasteiger partial charge in [-0.3, -0.25) is 9.59 Å². The third-order valence-electron chi connectivity index (χ3n) is 3.24. The molecule has 116 valence electrons. The largest absolute Gasteiger partial charge is 0.481 e. The third kappa shape index (κ3) is 4.80. The van der Waals surface area contributed by atoms with E-state index in [-0.39, 0.29) is 37.9 Å². The molecule has 0 aromatic rings. The van der Waals surface area contributed by atoms with Crippen LogP contribution in [0.5, 0.6) is 0 Å². The zero-order chi connectivity index (χ0) is 15.3. The lowest BCUT2D eigenvalue weighted by molar-refractivity contribution is -0.282. The molecular weight excluding hydrogens is 272 g/mol. The number of aliphatic hydroxyl groups excluding tert-OH is 4. The van der Waals surface area contributed by atoms with Crippen LogP contribution in [0.3, 0.4) is 0 Å². The number of ether oxygens (including phenoxy) is 1. The number of carboxylic acids is 1. The van der Waals surface area contributed by atoms with E-state index in [1.165, 1.54) is 0 Å². The second kappa shape index (κ2) is 7.65. The molecule has 20 heavy (non-hydrogen) atoms. The Labute approximate surface area is 115 Å². The standard InChI is InChI=1S/C12H20O8/c13-6(2-1-3-8(14)15)4-5-7-9(16)10(17)11(18)12(19)20-7/h7,9-12,16-19H,1-5H2,(H,14,15)/t7-,9+,10+,11-,12-/m1/s1. The molecule has 0 aromatic heterocycles. The molecular formula is C12H20O8. The predicted molar refractivity (Wildman–Crippen MR) is 64.6 cm³/mol. The van der Waals surface area contributed by atoms with E-state index < -0.39 is 36.7 Å². The first kappa shape index (κ1) is 17.0. The maximum Gasteiger partial charge on any atom is 0.303 e. The van der Waals surface area contributed by atoms with Crippen LogP contribution in [0, 0.1) is 0 Å². The number of aliphatic carboxylic acids is 1. The molecule has 1 aliphatic heterocycles. The topological polar surface area (TPSA) is 145 Å². The summed E-state index contributed by atoms with van der Waals surface area (Å²) in [6.45, 7) is 0. The molecule has 0 aromatic carbocycles. The number of Topliss-reactive ketones (excluding diaryl/α,β-unsaturated/α-hetero) is 1. The van der Waals surface area contributed by atoms with E-state index in [4.69, 9.17) is 9.84 Å². The van der Waals surface area contributed by atoms with Gasteiger partial charge in [-0.1, -0.05) is 0 Å². The van der Waals surface area contributed by atoms with Gasteiger partial charge in [0.2, 0.25) is 0 Å². The summed E-state index contributed by atoms with van der Waals surface area (Å²) in [7, 11) is 0. The predicted octanol–water partition coefficient (Wildman–Crippen LogP) is -1.61. The summed E-state index contributed by atoms with van der Waals surface area (Å²) in [4.78, 5) is 21.8. The van der Waals surface area contributed by atoms with Crippen molar-refractivity contribution in [2.24, 2.45) is 0 Å². The summed E-state index contributed by atoms with van der Waals surface area (Å²) in [5.74, 6) is -1.15. The van der Waals surface area contributed by atoms with Crippen LogP contribution in [0.2, 0.25) is 0 Å². The van der Waals surface area contributed by atoms with E-state index in [1.807, 2.05) is 0 Å². The number of hydrogen-bond acceptors (Lipinski definition) is 7. The average Bonchev–Trinajstić information content (AvgIpc) is 2.38. The molecule has 1 heterocycles. The molecule has 0 radical (unpaired) electrons. The van der Waals surface area contributed by atoms with Crippen LogP contribution < -0.4 is 0 Å². The SMILES string of the molecule is O=C(O)CCCC(=O)CC[C@H]1O[C@@H](O)[C@H](O)[C@@H](O)[C@H]1O.